The van der Waals surface area contributed by atoms with Gasteiger partial charge in [0.15, 0.2) is 0 Å². The molecule has 12 heavy (non-hydrogen) atoms. The van der Waals surface area contributed by atoms with E-state index in [4.69, 9.17) is 26.9 Å². The van der Waals surface area contributed by atoms with Crippen LogP contribution in [0.4, 0.5) is 0 Å². The predicted molar refractivity (Wildman–Crippen MR) is 37.4 cm³/mol. The van der Waals surface area contributed by atoms with E-state index in [-0.39, 0.29) is 0 Å². The SMILES string of the molecule is [2H][C@@H](C(=O)O)[C@@H](O)[C@H](O)[C@H](O)CO. The third-order valence-electron chi connectivity index (χ3n) is 1.24. The molecule has 4 atom stereocenters. The van der Waals surface area contributed by atoms with Crippen molar-refractivity contribution in [2.75, 3.05) is 6.61 Å². The maximum absolute atomic E-state index is 10.2. The number of hydrogen-bond donors (Lipinski definition) is 5. The molecule has 0 rings (SSSR count). The summed E-state index contributed by atoms with van der Waals surface area (Å²) in [5.41, 5.74) is 0. The third-order valence-corrected chi connectivity index (χ3v) is 1.24. The second-order valence-corrected chi connectivity index (χ2v) is 2.24. The van der Waals surface area contributed by atoms with Gasteiger partial charge in [-0.2, -0.15) is 0 Å². The van der Waals surface area contributed by atoms with Crippen molar-refractivity contribution in [3.05, 3.63) is 0 Å². The molecule has 72 valence electrons. The lowest BCUT2D eigenvalue weighted by molar-refractivity contribution is -0.143. The largest absolute Gasteiger partial charge is 0.481 e. The first kappa shape index (κ1) is 9.40. The minimum absolute atomic E-state index is 0.815. The molecule has 0 aliphatic heterocycles. The van der Waals surface area contributed by atoms with Gasteiger partial charge in [0.25, 0.3) is 0 Å². The lowest BCUT2D eigenvalue weighted by Crippen LogP contribution is -2.40. The summed E-state index contributed by atoms with van der Waals surface area (Å²) in [5.74, 6) is -1.61. The number of hydrogen-bond acceptors (Lipinski definition) is 5. The zero-order valence-corrected chi connectivity index (χ0v) is 6.16. The molecule has 0 amide bonds. The van der Waals surface area contributed by atoms with E-state index in [0.717, 1.165) is 0 Å². The van der Waals surface area contributed by atoms with Crippen molar-refractivity contribution in [2.24, 2.45) is 0 Å². The van der Waals surface area contributed by atoms with Crippen LogP contribution in [-0.2, 0) is 4.79 Å². The molecule has 0 unspecified atom stereocenters. The molecular weight excluding hydrogens is 168 g/mol. The number of aliphatic carboxylic acids is 1. The fourth-order valence-corrected chi connectivity index (χ4v) is 0.580. The normalized spacial score (nSPS) is 22.2. The van der Waals surface area contributed by atoms with E-state index in [1.165, 1.54) is 0 Å². The molecule has 0 bridgehead atoms. The van der Waals surface area contributed by atoms with Crippen molar-refractivity contribution in [3.8, 4) is 0 Å². The van der Waals surface area contributed by atoms with Crippen LogP contribution in [0.15, 0.2) is 0 Å². The van der Waals surface area contributed by atoms with Gasteiger partial charge >= 0.3 is 5.97 Å². The summed E-state index contributed by atoms with van der Waals surface area (Å²) < 4.78 is 6.83. The van der Waals surface area contributed by atoms with E-state index in [1.54, 1.807) is 0 Å². The van der Waals surface area contributed by atoms with Crippen molar-refractivity contribution in [1.29, 1.82) is 0 Å². The maximum atomic E-state index is 10.2. The number of aliphatic hydroxyl groups is 4. The van der Waals surface area contributed by atoms with Gasteiger partial charge in [-0.25, -0.2) is 0 Å². The fraction of sp³-hybridized carbons (Fsp3) is 0.833. The third kappa shape index (κ3) is 3.63. The van der Waals surface area contributed by atoms with Crippen LogP contribution in [-0.4, -0.2) is 56.4 Å². The molecule has 0 radical (unpaired) electrons. The van der Waals surface area contributed by atoms with Gasteiger partial charge in [0, 0.05) is 1.37 Å². The minimum atomic E-state index is -1.95. The van der Waals surface area contributed by atoms with E-state index in [9.17, 15) is 4.79 Å². The summed E-state index contributed by atoms with van der Waals surface area (Å²) in [6.45, 7) is -0.815. The van der Waals surface area contributed by atoms with Gasteiger partial charge in [0.1, 0.15) is 12.2 Å². The molecule has 0 aromatic rings. The fourth-order valence-electron chi connectivity index (χ4n) is 0.580. The summed E-state index contributed by atoms with van der Waals surface area (Å²) in [6.07, 6.45) is -7.37. The van der Waals surface area contributed by atoms with Gasteiger partial charge in [0.2, 0.25) is 0 Å². The minimum Gasteiger partial charge on any atom is -0.481 e. The molecule has 6 nitrogen and oxygen atoms in total. The highest BCUT2D eigenvalue weighted by atomic mass is 16.4. The lowest BCUT2D eigenvalue weighted by Gasteiger charge is -2.19. The van der Waals surface area contributed by atoms with Crippen molar-refractivity contribution in [1.82, 2.24) is 0 Å². The molecule has 0 fully saturated rings. The summed E-state index contributed by atoms with van der Waals surface area (Å²) in [5, 5.41) is 43.3. The highest BCUT2D eigenvalue weighted by Crippen LogP contribution is 2.03. The lowest BCUT2D eigenvalue weighted by atomic mass is 10.1. The van der Waals surface area contributed by atoms with E-state index in [1.807, 2.05) is 0 Å². The Morgan fingerprint density at radius 2 is 1.83 bits per heavy atom. The average Bonchev–Trinajstić information content (AvgIpc) is 2.12. The molecule has 5 N–H and O–H groups in total. The van der Waals surface area contributed by atoms with E-state index >= 15 is 0 Å². The quantitative estimate of drug-likeness (QED) is 0.321. The smallest absolute Gasteiger partial charge is 0.306 e. The van der Waals surface area contributed by atoms with Crippen LogP contribution >= 0.6 is 0 Å². The zero-order chi connectivity index (χ0) is 10.6. The van der Waals surface area contributed by atoms with Gasteiger partial charge in [-0.05, 0) is 0 Å². The molecule has 0 aliphatic rings. The molecule has 0 spiro atoms. The molecule has 0 saturated carbocycles. The van der Waals surface area contributed by atoms with Crippen molar-refractivity contribution < 1.29 is 31.7 Å². The Kier molecular flexibility index (Phi) is 3.95. The molecular formula is C6H12O6. The number of carboxylic acid groups (broad SMARTS) is 1. The van der Waals surface area contributed by atoms with Crippen LogP contribution < -0.4 is 0 Å². The van der Waals surface area contributed by atoms with Crippen molar-refractivity contribution in [2.45, 2.75) is 24.7 Å². The number of carbonyl (C=O) groups is 1. The summed E-state index contributed by atoms with van der Waals surface area (Å²) in [4.78, 5) is 10.2. The Balaban J connectivity index is 4.24. The Labute approximate surface area is 70.1 Å². The second kappa shape index (κ2) is 5.04. The Hall–Kier alpha value is -0.690. The van der Waals surface area contributed by atoms with E-state index in [2.05, 4.69) is 0 Å². The second-order valence-electron chi connectivity index (χ2n) is 2.24. The van der Waals surface area contributed by atoms with Gasteiger partial charge in [-0.3, -0.25) is 4.79 Å². The maximum Gasteiger partial charge on any atom is 0.306 e. The number of rotatable bonds is 5. The summed E-state index contributed by atoms with van der Waals surface area (Å²) in [6, 6.07) is 0. The highest BCUT2D eigenvalue weighted by molar-refractivity contribution is 5.67. The first-order valence-electron chi connectivity index (χ1n) is 3.79. The first-order chi connectivity index (χ1) is 5.91. The van der Waals surface area contributed by atoms with Crippen LogP contribution in [0.1, 0.15) is 7.77 Å². The Morgan fingerprint density at radius 1 is 1.33 bits per heavy atom. The first-order valence-corrected chi connectivity index (χ1v) is 3.22. The molecule has 0 aromatic carbocycles. The van der Waals surface area contributed by atoms with Crippen molar-refractivity contribution >= 4 is 5.97 Å². The molecule has 0 heterocycles. The van der Waals surface area contributed by atoms with Crippen LogP contribution in [0.3, 0.4) is 0 Å². The standard InChI is InChI=1S/C6H12O6/c7-2-4(9)6(12)3(8)1-5(10)11/h3-4,6-9,12H,1-2H2,(H,10,11)/t3-,4-,6+/m1/s1/i1D/t1-,3-,4-,6+. The number of carboxylic acids is 1. The van der Waals surface area contributed by atoms with E-state index in [0.29, 0.717) is 0 Å². The summed E-state index contributed by atoms with van der Waals surface area (Å²) >= 11 is 0. The molecule has 0 aliphatic carbocycles. The van der Waals surface area contributed by atoms with Gasteiger partial charge in [-0.1, -0.05) is 0 Å². The van der Waals surface area contributed by atoms with Crippen LogP contribution in [0.5, 0.6) is 0 Å². The molecule has 6 heteroatoms. The van der Waals surface area contributed by atoms with Crippen LogP contribution in [0.2, 0.25) is 0 Å². The topological polar surface area (TPSA) is 118 Å². The number of aliphatic hydroxyl groups excluding tert-OH is 4. The Bertz CT molecular complexity index is 175. The van der Waals surface area contributed by atoms with Gasteiger partial charge in [-0.15, -0.1) is 0 Å². The zero-order valence-electron chi connectivity index (χ0n) is 7.16. The molecule has 0 aromatic heterocycles. The van der Waals surface area contributed by atoms with Crippen LogP contribution in [0.25, 0.3) is 0 Å². The summed E-state index contributed by atoms with van der Waals surface area (Å²) in [7, 11) is 0. The van der Waals surface area contributed by atoms with Gasteiger partial charge < -0.3 is 25.5 Å². The van der Waals surface area contributed by atoms with E-state index < -0.39 is 37.3 Å². The van der Waals surface area contributed by atoms with Gasteiger partial charge in [0.05, 0.1) is 19.1 Å². The van der Waals surface area contributed by atoms with Crippen LogP contribution in [0, 0.1) is 0 Å². The molecule has 0 saturated heterocycles. The highest BCUT2D eigenvalue weighted by Gasteiger charge is 2.25. The Morgan fingerprint density at radius 3 is 2.17 bits per heavy atom. The average molecular weight is 181 g/mol. The van der Waals surface area contributed by atoms with Crippen molar-refractivity contribution in [3.63, 3.8) is 0 Å². The predicted octanol–water partition coefficient (Wildman–Crippen LogP) is -2.46. The monoisotopic (exact) mass is 181 g/mol.